The number of rotatable bonds is 12. The Bertz CT molecular complexity index is 835. The van der Waals surface area contributed by atoms with Gasteiger partial charge >= 0.3 is 12.1 Å². The molecule has 0 spiro atoms. The first-order valence-electron chi connectivity index (χ1n) is 11.8. The summed E-state index contributed by atoms with van der Waals surface area (Å²) in [5, 5.41) is 19.5. The molecule has 6 N–H and O–H groups in total. The molecule has 1 aliphatic carbocycles. The zero-order valence-corrected chi connectivity index (χ0v) is 18.9. The summed E-state index contributed by atoms with van der Waals surface area (Å²) in [6.07, 6.45) is 2.36. The summed E-state index contributed by atoms with van der Waals surface area (Å²) in [5.74, 6) is -1.49. The maximum atomic E-state index is 13.8. The van der Waals surface area contributed by atoms with Crippen molar-refractivity contribution in [1.29, 1.82) is 0 Å². The van der Waals surface area contributed by atoms with E-state index >= 15 is 0 Å². The number of carboxylic acids is 1. The zero-order valence-electron chi connectivity index (χ0n) is 18.9. The van der Waals surface area contributed by atoms with Crippen LogP contribution in [0.25, 0.3) is 0 Å². The van der Waals surface area contributed by atoms with Gasteiger partial charge in [-0.05, 0) is 56.6 Å². The Morgan fingerprint density at radius 1 is 1.15 bits per heavy atom. The fraction of sp³-hybridized carbons (Fsp3) is 0.625. The van der Waals surface area contributed by atoms with Gasteiger partial charge in [-0.25, -0.2) is 9.69 Å². The monoisotopic (exact) mass is 461 g/mol. The standard InChI is InChI=1S/C24H35N3O6/c25-14-5-4-10-18(26)21(28)24-13-6-9-17(24)15-20(33-23(31)32)27(24)19(22(29)30)12-11-16-7-2-1-3-8-16/h1-3,7-8,17-20H,4-6,9-15,25-26H2,(H,29,30)(H,31,32)/t17-,18?,19?,20-,24-/m0/s1. The highest BCUT2D eigenvalue weighted by molar-refractivity contribution is 5.94. The van der Waals surface area contributed by atoms with Crippen molar-refractivity contribution in [3.05, 3.63) is 35.9 Å². The van der Waals surface area contributed by atoms with Crippen LogP contribution in [0.4, 0.5) is 4.79 Å². The zero-order chi connectivity index (χ0) is 24.0. The number of aryl methyl sites for hydroxylation is 1. The summed E-state index contributed by atoms with van der Waals surface area (Å²) < 4.78 is 5.17. The van der Waals surface area contributed by atoms with Gasteiger partial charge in [0.1, 0.15) is 6.04 Å². The lowest BCUT2D eigenvalue weighted by Crippen LogP contribution is -2.63. The molecular weight excluding hydrogens is 426 g/mol. The average Bonchev–Trinajstić information content (AvgIpc) is 3.31. The highest BCUT2D eigenvalue weighted by atomic mass is 16.7. The molecule has 9 nitrogen and oxygen atoms in total. The van der Waals surface area contributed by atoms with Gasteiger partial charge in [0.05, 0.1) is 11.6 Å². The highest BCUT2D eigenvalue weighted by Gasteiger charge is 2.64. The molecule has 1 aliphatic heterocycles. The Hall–Kier alpha value is -2.49. The molecule has 0 aromatic heterocycles. The number of fused-ring (bicyclic) bond motifs is 1. The summed E-state index contributed by atoms with van der Waals surface area (Å²) in [6.45, 7) is 0.510. The summed E-state index contributed by atoms with van der Waals surface area (Å²) in [5.41, 5.74) is 11.7. The second kappa shape index (κ2) is 11.1. The van der Waals surface area contributed by atoms with E-state index in [4.69, 9.17) is 16.2 Å². The van der Waals surface area contributed by atoms with Crippen molar-refractivity contribution in [2.24, 2.45) is 17.4 Å². The number of ether oxygens (including phenoxy) is 1. The number of aliphatic carboxylic acids is 1. The number of nitrogens with zero attached hydrogens (tertiary/aromatic N) is 1. The molecule has 1 heterocycles. The number of carboxylic acid groups (broad SMARTS) is 2. The topological polar surface area (TPSA) is 156 Å². The number of hydrogen-bond donors (Lipinski definition) is 4. The number of hydrogen-bond acceptors (Lipinski definition) is 7. The van der Waals surface area contributed by atoms with Crippen molar-refractivity contribution in [1.82, 2.24) is 4.90 Å². The van der Waals surface area contributed by atoms with Crippen LogP contribution in [0.1, 0.15) is 56.9 Å². The molecule has 0 bridgehead atoms. The van der Waals surface area contributed by atoms with Crippen molar-refractivity contribution < 1.29 is 29.3 Å². The van der Waals surface area contributed by atoms with Crippen LogP contribution in [0, 0.1) is 5.92 Å². The molecule has 182 valence electrons. The molecule has 9 heteroatoms. The molecule has 33 heavy (non-hydrogen) atoms. The van der Waals surface area contributed by atoms with Crippen LogP contribution in [0.5, 0.6) is 0 Å². The molecule has 2 unspecified atom stereocenters. The van der Waals surface area contributed by atoms with Crippen LogP contribution in [0.3, 0.4) is 0 Å². The summed E-state index contributed by atoms with van der Waals surface area (Å²) >= 11 is 0. The smallest absolute Gasteiger partial charge is 0.480 e. The lowest BCUT2D eigenvalue weighted by atomic mass is 9.79. The third-order valence-corrected chi connectivity index (χ3v) is 7.18. The normalized spacial score (nSPS) is 26.5. The van der Waals surface area contributed by atoms with E-state index < -0.39 is 36.0 Å². The van der Waals surface area contributed by atoms with E-state index in [-0.39, 0.29) is 18.1 Å². The van der Waals surface area contributed by atoms with Gasteiger partial charge in [0.2, 0.25) is 0 Å². The Balaban J connectivity index is 1.94. The van der Waals surface area contributed by atoms with E-state index in [2.05, 4.69) is 0 Å². The Morgan fingerprint density at radius 2 is 1.88 bits per heavy atom. The fourth-order valence-corrected chi connectivity index (χ4v) is 5.77. The Labute approximate surface area is 194 Å². The molecule has 2 aliphatic rings. The van der Waals surface area contributed by atoms with Crippen molar-refractivity contribution >= 4 is 17.9 Å². The summed E-state index contributed by atoms with van der Waals surface area (Å²) in [7, 11) is 0. The number of ketones is 1. The minimum Gasteiger partial charge on any atom is -0.480 e. The van der Waals surface area contributed by atoms with E-state index in [0.29, 0.717) is 45.1 Å². The van der Waals surface area contributed by atoms with Crippen molar-refractivity contribution in [2.45, 2.75) is 81.6 Å². The second-order valence-electron chi connectivity index (χ2n) is 9.13. The van der Waals surface area contributed by atoms with Crippen LogP contribution < -0.4 is 11.5 Å². The third-order valence-electron chi connectivity index (χ3n) is 7.18. The van der Waals surface area contributed by atoms with Crippen LogP contribution in [-0.2, 0) is 20.7 Å². The third kappa shape index (κ3) is 5.37. The first kappa shape index (κ1) is 25.1. The van der Waals surface area contributed by atoms with Gasteiger partial charge in [-0.3, -0.25) is 9.59 Å². The fourth-order valence-electron chi connectivity index (χ4n) is 5.77. The summed E-state index contributed by atoms with van der Waals surface area (Å²) in [6, 6.07) is 7.66. The van der Waals surface area contributed by atoms with Crippen LogP contribution in [0.2, 0.25) is 0 Å². The number of benzene rings is 1. The van der Waals surface area contributed by atoms with Gasteiger partial charge in [-0.15, -0.1) is 0 Å². The number of Topliss-reactive ketones (excluding diaryl/α,β-unsaturated/α-hetero) is 1. The largest absolute Gasteiger partial charge is 0.507 e. The molecule has 5 atom stereocenters. The molecule has 0 amide bonds. The lowest BCUT2D eigenvalue weighted by molar-refractivity contribution is -0.158. The number of carbonyl (C=O) groups excluding carboxylic acids is 1. The number of unbranched alkanes of at least 4 members (excludes halogenated alkanes) is 1. The van der Waals surface area contributed by atoms with E-state index in [0.717, 1.165) is 18.4 Å². The van der Waals surface area contributed by atoms with Gasteiger partial charge in [0.15, 0.2) is 12.0 Å². The van der Waals surface area contributed by atoms with Crippen LogP contribution >= 0.6 is 0 Å². The number of nitrogens with two attached hydrogens (primary N) is 2. The predicted molar refractivity (Wildman–Crippen MR) is 122 cm³/mol. The van der Waals surface area contributed by atoms with Crippen molar-refractivity contribution in [2.75, 3.05) is 6.54 Å². The molecule has 1 aromatic carbocycles. The van der Waals surface area contributed by atoms with Crippen molar-refractivity contribution in [3.63, 3.8) is 0 Å². The number of carbonyl (C=O) groups is 3. The molecular formula is C24H35N3O6. The average molecular weight is 462 g/mol. The highest BCUT2D eigenvalue weighted by Crippen LogP contribution is 2.52. The van der Waals surface area contributed by atoms with E-state index in [1.54, 1.807) is 4.90 Å². The Morgan fingerprint density at radius 3 is 2.52 bits per heavy atom. The van der Waals surface area contributed by atoms with E-state index in [1.807, 2.05) is 30.3 Å². The van der Waals surface area contributed by atoms with Gasteiger partial charge in [-0.2, -0.15) is 0 Å². The number of likely N-dealkylation sites (tertiary alicyclic amines) is 1. The molecule has 3 rings (SSSR count). The molecule has 1 aromatic rings. The summed E-state index contributed by atoms with van der Waals surface area (Å²) in [4.78, 5) is 39.3. The van der Waals surface area contributed by atoms with Crippen LogP contribution in [0.15, 0.2) is 30.3 Å². The first-order valence-corrected chi connectivity index (χ1v) is 11.8. The molecule has 1 saturated carbocycles. The first-order chi connectivity index (χ1) is 15.8. The van der Waals surface area contributed by atoms with Crippen LogP contribution in [-0.4, -0.2) is 63.4 Å². The van der Waals surface area contributed by atoms with Gasteiger partial charge < -0.3 is 26.4 Å². The Kier molecular flexibility index (Phi) is 8.45. The van der Waals surface area contributed by atoms with Gasteiger partial charge in [0, 0.05) is 6.42 Å². The van der Waals surface area contributed by atoms with Crippen molar-refractivity contribution in [3.8, 4) is 0 Å². The second-order valence-corrected chi connectivity index (χ2v) is 9.13. The minimum atomic E-state index is -1.48. The van der Waals surface area contributed by atoms with E-state index in [1.165, 1.54) is 0 Å². The predicted octanol–water partition coefficient (Wildman–Crippen LogP) is 2.36. The quantitative estimate of drug-likeness (QED) is 0.271. The van der Waals surface area contributed by atoms with E-state index in [9.17, 15) is 24.6 Å². The molecule has 2 fully saturated rings. The molecule has 0 radical (unpaired) electrons. The molecule has 1 saturated heterocycles. The van der Waals surface area contributed by atoms with Gasteiger partial charge in [0.25, 0.3) is 0 Å². The lowest BCUT2D eigenvalue weighted by Gasteiger charge is -2.43. The minimum absolute atomic E-state index is 0.187. The maximum Gasteiger partial charge on any atom is 0.507 e. The SMILES string of the molecule is NCCCCC(N)C(=O)[C@]12CCC[C@H]1C[C@H](OC(=O)O)N2C(CCc1ccccc1)C(=O)O. The van der Waals surface area contributed by atoms with Gasteiger partial charge in [-0.1, -0.05) is 43.2 Å². The maximum absolute atomic E-state index is 13.8.